The molecule has 2 aromatic rings. The molecule has 0 saturated heterocycles. The van der Waals surface area contributed by atoms with Crippen molar-refractivity contribution in [1.29, 1.82) is 0 Å². The van der Waals surface area contributed by atoms with Crippen molar-refractivity contribution in [2.45, 2.75) is 0 Å². The first-order valence-corrected chi connectivity index (χ1v) is 5.16. The predicted molar refractivity (Wildman–Crippen MR) is 60.7 cm³/mol. The van der Waals surface area contributed by atoms with Crippen LogP contribution in [0.4, 0.5) is 4.39 Å². The van der Waals surface area contributed by atoms with Crippen molar-refractivity contribution in [1.82, 2.24) is 4.98 Å². The smallest absolute Gasteiger partial charge is 0.216 e. The maximum absolute atomic E-state index is 12.8. The third-order valence-corrected chi connectivity index (χ3v) is 2.64. The van der Waals surface area contributed by atoms with E-state index in [9.17, 15) is 4.39 Å². The van der Waals surface area contributed by atoms with Crippen LogP contribution in [0.5, 0.6) is 11.5 Å². The second kappa shape index (κ2) is 4.68. The minimum atomic E-state index is -0.615. The Labute approximate surface area is 102 Å². The number of hydrogen-bond acceptors (Lipinski definition) is 2. The van der Waals surface area contributed by atoms with E-state index < -0.39 is 5.95 Å². The molecule has 0 saturated carbocycles. The number of rotatable bonds is 2. The third-order valence-electron chi connectivity index (χ3n) is 1.84. The van der Waals surface area contributed by atoms with Crippen LogP contribution in [0, 0.1) is 5.95 Å². The van der Waals surface area contributed by atoms with Gasteiger partial charge in [-0.25, -0.2) is 4.98 Å². The number of benzene rings is 1. The van der Waals surface area contributed by atoms with E-state index in [0.29, 0.717) is 21.5 Å². The maximum Gasteiger partial charge on any atom is 0.216 e. The van der Waals surface area contributed by atoms with Gasteiger partial charge in [-0.05, 0) is 18.2 Å². The summed E-state index contributed by atoms with van der Waals surface area (Å²) in [5.41, 5.74) is 0. The Morgan fingerprint density at radius 1 is 1.19 bits per heavy atom. The van der Waals surface area contributed by atoms with Gasteiger partial charge >= 0.3 is 0 Å². The Bertz CT molecular complexity index is 519. The standard InChI is InChI=1S/C11H6Cl2FNO/c12-8-2-1-3-9(11(8)13)16-7-4-5-15-10(14)6-7/h1-6H. The molecule has 0 radical (unpaired) electrons. The molecule has 0 fully saturated rings. The van der Waals surface area contributed by atoms with Gasteiger partial charge in [0.1, 0.15) is 16.5 Å². The van der Waals surface area contributed by atoms with Crippen LogP contribution in [0.2, 0.25) is 10.0 Å². The molecule has 0 aliphatic heterocycles. The number of aromatic nitrogens is 1. The van der Waals surface area contributed by atoms with Crippen LogP contribution >= 0.6 is 23.2 Å². The van der Waals surface area contributed by atoms with Crippen molar-refractivity contribution in [3.63, 3.8) is 0 Å². The molecule has 0 amide bonds. The van der Waals surface area contributed by atoms with Crippen LogP contribution < -0.4 is 4.74 Å². The van der Waals surface area contributed by atoms with E-state index in [1.54, 1.807) is 18.2 Å². The van der Waals surface area contributed by atoms with Gasteiger partial charge in [-0.1, -0.05) is 29.3 Å². The lowest BCUT2D eigenvalue weighted by Gasteiger charge is -2.07. The van der Waals surface area contributed by atoms with Crippen molar-refractivity contribution in [2.75, 3.05) is 0 Å². The van der Waals surface area contributed by atoms with Crippen LogP contribution in [-0.4, -0.2) is 4.98 Å². The van der Waals surface area contributed by atoms with Crippen molar-refractivity contribution in [3.8, 4) is 11.5 Å². The average molecular weight is 258 g/mol. The van der Waals surface area contributed by atoms with E-state index in [1.807, 2.05) is 0 Å². The second-order valence-electron chi connectivity index (χ2n) is 2.97. The minimum Gasteiger partial charge on any atom is -0.456 e. The Kier molecular flexibility index (Phi) is 3.27. The molecular formula is C11H6Cl2FNO. The second-order valence-corrected chi connectivity index (χ2v) is 3.75. The molecule has 1 aromatic heterocycles. The van der Waals surface area contributed by atoms with Gasteiger partial charge in [0.25, 0.3) is 0 Å². The zero-order valence-corrected chi connectivity index (χ0v) is 9.47. The molecule has 2 rings (SSSR count). The highest BCUT2D eigenvalue weighted by Gasteiger charge is 2.06. The quantitative estimate of drug-likeness (QED) is 0.748. The number of nitrogens with zero attached hydrogens (tertiary/aromatic N) is 1. The van der Waals surface area contributed by atoms with Crippen molar-refractivity contribution in [2.24, 2.45) is 0 Å². The highest BCUT2D eigenvalue weighted by Crippen LogP contribution is 2.34. The fourth-order valence-corrected chi connectivity index (χ4v) is 1.47. The van der Waals surface area contributed by atoms with Gasteiger partial charge in [-0.15, -0.1) is 0 Å². The molecule has 0 unspecified atom stereocenters. The molecule has 0 aliphatic carbocycles. The van der Waals surface area contributed by atoms with Crippen LogP contribution in [-0.2, 0) is 0 Å². The lowest BCUT2D eigenvalue weighted by atomic mass is 10.3. The van der Waals surface area contributed by atoms with Crippen LogP contribution in [0.1, 0.15) is 0 Å². The van der Waals surface area contributed by atoms with Gasteiger partial charge in [0.2, 0.25) is 5.95 Å². The molecule has 1 heterocycles. The first-order chi connectivity index (χ1) is 7.66. The molecule has 2 nitrogen and oxygen atoms in total. The summed E-state index contributed by atoms with van der Waals surface area (Å²) < 4.78 is 18.2. The Morgan fingerprint density at radius 3 is 2.75 bits per heavy atom. The van der Waals surface area contributed by atoms with Crippen molar-refractivity contribution in [3.05, 3.63) is 52.5 Å². The number of ether oxygens (including phenoxy) is 1. The van der Waals surface area contributed by atoms with E-state index in [2.05, 4.69) is 4.98 Å². The average Bonchev–Trinajstić information content (AvgIpc) is 2.25. The lowest BCUT2D eigenvalue weighted by molar-refractivity contribution is 0.472. The van der Waals surface area contributed by atoms with Gasteiger partial charge < -0.3 is 4.74 Å². The number of halogens is 3. The van der Waals surface area contributed by atoms with Crippen LogP contribution in [0.15, 0.2) is 36.5 Å². The summed E-state index contributed by atoms with van der Waals surface area (Å²) in [6, 6.07) is 7.68. The normalized spacial score (nSPS) is 10.2. The third kappa shape index (κ3) is 2.43. The van der Waals surface area contributed by atoms with Gasteiger partial charge in [-0.2, -0.15) is 4.39 Å². The van der Waals surface area contributed by atoms with Gasteiger partial charge in [0.15, 0.2) is 0 Å². The highest BCUT2D eigenvalue weighted by molar-refractivity contribution is 6.42. The maximum atomic E-state index is 12.8. The minimum absolute atomic E-state index is 0.293. The van der Waals surface area contributed by atoms with Gasteiger partial charge in [0, 0.05) is 12.3 Å². The monoisotopic (exact) mass is 257 g/mol. The van der Waals surface area contributed by atoms with Gasteiger partial charge in [-0.3, -0.25) is 0 Å². The molecule has 0 N–H and O–H groups in total. The van der Waals surface area contributed by atoms with Crippen molar-refractivity contribution >= 4 is 23.2 Å². The molecular weight excluding hydrogens is 252 g/mol. The van der Waals surface area contributed by atoms with Crippen molar-refractivity contribution < 1.29 is 9.13 Å². The van der Waals surface area contributed by atoms with Gasteiger partial charge in [0.05, 0.1) is 5.02 Å². The number of hydrogen-bond donors (Lipinski definition) is 0. The van der Waals surface area contributed by atoms with Crippen LogP contribution in [0.25, 0.3) is 0 Å². The Hall–Kier alpha value is -1.32. The predicted octanol–water partition coefficient (Wildman–Crippen LogP) is 4.32. The fourth-order valence-electron chi connectivity index (χ4n) is 1.14. The summed E-state index contributed by atoms with van der Waals surface area (Å²) in [7, 11) is 0. The van der Waals surface area contributed by atoms with Crippen LogP contribution in [0.3, 0.4) is 0 Å². The molecule has 5 heteroatoms. The fraction of sp³-hybridized carbons (Fsp3) is 0. The summed E-state index contributed by atoms with van der Waals surface area (Å²) >= 11 is 11.7. The summed E-state index contributed by atoms with van der Waals surface area (Å²) in [5, 5.41) is 0.676. The van der Waals surface area contributed by atoms with E-state index >= 15 is 0 Å². The molecule has 82 valence electrons. The Morgan fingerprint density at radius 2 is 2.00 bits per heavy atom. The summed E-state index contributed by atoms with van der Waals surface area (Å²) in [6.45, 7) is 0. The molecule has 0 bridgehead atoms. The largest absolute Gasteiger partial charge is 0.456 e. The topological polar surface area (TPSA) is 22.1 Å². The first-order valence-electron chi connectivity index (χ1n) is 4.40. The van der Waals surface area contributed by atoms with E-state index in [1.165, 1.54) is 12.3 Å². The summed E-state index contributed by atoms with van der Waals surface area (Å²) in [5.74, 6) is 0.0760. The summed E-state index contributed by atoms with van der Waals surface area (Å²) in [4.78, 5) is 3.42. The highest BCUT2D eigenvalue weighted by atomic mass is 35.5. The molecule has 0 atom stereocenters. The molecule has 16 heavy (non-hydrogen) atoms. The SMILES string of the molecule is Fc1cc(Oc2cccc(Cl)c2Cl)ccn1. The lowest BCUT2D eigenvalue weighted by Crippen LogP contribution is -1.88. The zero-order valence-electron chi connectivity index (χ0n) is 7.95. The summed E-state index contributed by atoms with van der Waals surface area (Å²) in [6.07, 6.45) is 1.31. The first kappa shape index (κ1) is 11.2. The Balaban J connectivity index is 2.31. The molecule has 0 aliphatic rings. The molecule has 0 spiro atoms. The van der Waals surface area contributed by atoms with E-state index in [-0.39, 0.29) is 0 Å². The molecule has 1 aromatic carbocycles. The zero-order chi connectivity index (χ0) is 11.5. The van der Waals surface area contributed by atoms with E-state index in [4.69, 9.17) is 27.9 Å². The van der Waals surface area contributed by atoms with E-state index in [0.717, 1.165) is 6.07 Å². The number of pyridine rings is 1.